The summed E-state index contributed by atoms with van der Waals surface area (Å²) in [4.78, 5) is 27.8. The minimum Gasteiger partial charge on any atom is -0.481 e. The number of para-hydroxylation sites is 1. The van der Waals surface area contributed by atoms with Crippen LogP contribution < -0.4 is 5.32 Å². The van der Waals surface area contributed by atoms with Gasteiger partial charge in [-0.05, 0) is 42.2 Å². The Morgan fingerprint density at radius 1 is 1.00 bits per heavy atom. The molecule has 0 radical (unpaired) electrons. The highest BCUT2D eigenvalue weighted by molar-refractivity contribution is 6.03. The maximum absolute atomic E-state index is 14.7. The van der Waals surface area contributed by atoms with Gasteiger partial charge in [-0.25, -0.2) is 9.29 Å². The summed E-state index contributed by atoms with van der Waals surface area (Å²) in [5.74, 6) is -2.62. The zero-order valence-electron chi connectivity index (χ0n) is 23.9. The third-order valence-electron chi connectivity index (χ3n) is 9.07. The van der Waals surface area contributed by atoms with Crippen LogP contribution in [0.15, 0.2) is 84.9 Å². The Kier molecular flexibility index (Phi) is 7.18. The molecule has 3 saturated heterocycles. The van der Waals surface area contributed by atoms with E-state index in [1.54, 1.807) is 53.4 Å². The second-order valence-corrected chi connectivity index (χ2v) is 11.8. The fourth-order valence-corrected chi connectivity index (χ4v) is 7.42. The molecule has 3 aliphatic heterocycles. The van der Waals surface area contributed by atoms with E-state index in [9.17, 15) is 29.3 Å². The van der Waals surface area contributed by atoms with Crippen LogP contribution in [0.4, 0.5) is 10.1 Å². The van der Waals surface area contributed by atoms with Gasteiger partial charge in [0.1, 0.15) is 5.82 Å². The number of aliphatic carboxylic acids is 1. The molecule has 226 valence electrons. The SMILES string of the molecule is CC(C)[C@]12O[C@H](C[C@@H](O)CC(=O)O)CCN1[C@@](O)(c1ccc(F)cc1)[C@]1(c3ccccc3)O[C@]12C(=O)Nc1ccccc1. The van der Waals surface area contributed by atoms with E-state index in [4.69, 9.17) is 9.47 Å². The van der Waals surface area contributed by atoms with Crippen molar-refractivity contribution in [3.8, 4) is 0 Å². The second-order valence-electron chi connectivity index (χ2n) is 11.8. The lowest BCUT2D eigenvalue weighted by Crippen LogP contribution is -2.70. The van der Waals surface area contributed by atoms with Crippen LogP contribution in [-0.2, 0) is 30.4 Å². The van der Waals surface area contributed by atoms with Crippen LogP contribution in [-0.4, -0.2) is 62.2 Å². The molecule has 43 heavy (non-hydrogen) atoms. The molecule has 1 amide bonds. The number of aliphatic hydroxyl groups is 2. The summed E-state index contributed by atoms with van der Waals surface area (Å²) in [6.45, 7) is 3.96. The molecule has 9 nitrogen and oxygen atoms in total. The van der Waals surface area contributed by atoms with Crippen molar-refractivity contribution in [2.24, 2.45) is 5.92 Å². The van der Waals surface area contributed by atoms with Gasteiger partial charge in [-0.1, -0.05) is 74.5 Å². The second kappa shape index (κ2) is 10.5. The Morgan fingerprint density at radius 3 is 2.23 bits per heavy atom. The van der Waals surface area contributed by atoms with Gasteiger partial charge in [-0.15, -0.1) is 0 Å². The number of hydrogen-bond donors (Lipinski definition) is 4. The van der Waals surface area contributed by atoms with Gasteiger partial charge >= 0.3 is 5.97 Å². The molecule has 0 saturated carbocycles. The predicted molar refractivity (Wildman–Crippen MR) is 154 cm³/mol. The number of fused-ring (bicyclic) bond motifs is 3. The number of halogens is 1. The van der Waals surface area contributed by atoms with Crippen molar-refractivity contribution in [1.82, 2.24) is 4.90 Å². The quantitative estimate of drug-likeness (QED) is 0.276. The van der Waals surface area contributed by atoms with Crippen molar-refractivity contribution in [2.75, 3.05) is 11.9 Å². The number of morpholine rings is 1. The highest BCUT2D eigenvalue weighted by atomic mass is 19.1. The molecule has 4 N–H and O–H groups in total. The first kappa shape index (κ1) is 29.4. The van der Waals surface area contributed by atoms with Gasteiger partial charge in [-0.2, -0.15) is 0 Å². The largest absolute Gasteiger partial charge is 0.481 e. The van der Waals surface area contributed by atoms with E-state index in [1.807, 2.05) is 26.0 Å². The summed E-state index contributed by atoms with van der Waals surface area (Å²) < 4.78 is 27.8. The standard InChI is InChI=1S/C33H35FN2O7/c1-21(2)33-31(29(40)35-25-11-7-4-8-12-25)30(43-31,22-9-5-3-6-10-22)32(41,23-13-15-24(34)16-14-23)36(33)18-17-27(42-33)19-26(37)20-28(38)39/h3-16,21,26-27,37,41H,17-20H2,1-2H3,(H,35,40)(H,38,39)/t26-,27+,30-,31-,32-,33-/m1/s1. The van der Waals surface area contributed by atoms with Gasteiger partial charge < -0.3 is 30.1 Å². The normalized spacial score (nSPS) is 32.1. The van der Waals surface area contributed by atoms with Crippen molar-refractivity contribution in [2.45, 2.75) is 68.0 Å². The lowest BCUT2D eigenvalue weighted by atomic mass is 9.73. The lowest BCUT2D eigenvalue weighted by molar-refractivity contribution is -0.327. The number of amides is 1. The van der Waals surface area contributed by atoms with Crippen LogP contribution in [0.25, 0.3) is 0 Å². The van der Waals surface area contributed by atoms with Crippen molar-refractivity contribution < 1.29 is 38.8 Å². The Bertz CT molecular complexity index is 1510. The highest BCUT2D eigenvalue weighted by Crippen LogP contribution is 2.79. The first-order valence-electron chi connectivity index (χ1n) is 14.5. The third-order valence-corrected chi connectivity index (χ3v) is 9.07. The van der Waals surface area contributed by atoms with E-state index in [-0.39, 0.29) is 13.0 Å². The Morgan fingerprint density at radius 2 is 1.63 bits per heavy atom. The van der Waals surface area contributed by atoms with Crippen LogP contribution in [0.5, 0.6) is 0 Å². The van der Waals surface area contributed by atoms with E-state index in [1.165, 1.54) is 24.3 Å². The molecule has 3 aromatic carbocycles. The first-order valence-corrected chi connectivity index (χ1v) is 14.5. The molecule has 0 unspecified atom stereocenters. The number of nitrogens with one attached hydrogen (secondary N) is 1. The molecular formula is C33H35FN2O7. The number of ether oxygens (including phenoxy) is 2. The predicted octanol–water partition coefficient (Wildman–Crippen LogP) is 3.96. The molecule has 6 atom stereocenters. The van der Waals surface area contributed by atoms with Crippen LogP contribution in [0, 0.1) is 11.7 Å². The van der Waals surface area contributed by atoms with Crippen molar-refractivity contribution in [3.63, 3.8) is 0 Å². The van der Waals surface area contributed by atoms with E-state index < -0.39 is 64.9 Å². The number of nitrogens with zero attached hydrogens (tertiary/aromatic N) is 1. The molecule has 3 aromatic rings. The molecule has 3 aliphatic rings. The first-order chi connectivity index (χ1) is 20.5. The van der Waals surface area contributed by atoms with Crippen molar-refractivity contribution >= 4 is 17.6 Å². The number of anilines is 1. The topological polar surface area (TPSA) is 132 Å². The van der Waals surface area contributed by atoms with Crippen LogP contribution in [0.2, 0.25) is 0 Å². The molecule has 10 heteroatoms. The van der Waals surface area contributed by atoms with Gasteiger partial charge in [0.2, 0.25) is 5.60 Å². The number of carboxylic acid groups (broad SMARTS) is 1. The Balaban J connectivity index is 1.57. The summed E-state index contributed by atoms with van der Waals surface area (Å²) >= 11 is 0. The maximum atomic E-state index is 14.7. The van der Waals surface area contributed by atoms with E-state index >= 15 is 0 Å². The summed E-state index contributed by atoms with van der Waals surface area (Å²) in [5.41, 5.74) is -5.71. The average molecular weight is 591 g/mol. The Labute approximate surface area is 248 Å². The Hall–Kier alpha value is -3.67. The molecule has 6 rings (SSSR count). The molecule has 0 bridgehead atoms. The van der Waals surface area contributed by atoms with Crippen LogP contribution >= 0.6 is 0 Å². The molecule has 0 aliphatic carbocycles. The van der Waals surface area contributed by atoms with Gasteiger partial charge in [-0.3, -0.25) is 9.59 Å². The number of carboxylic acids is 1. The summed E-state index contributed by atoms with van der Waals surface area (Å²) in [5, 5.41) is 35.9. The van der Waals surface area contributed by atoms with Gasteiger partial charge in [0, 0.05) is 24.2 Å². The number of hydrogen-bond acceptors (Lipinski definition) is 7. The molecule has 3 heterocycles. The number of aliphatic hydroxyl groups excluding tert-OH is 1. The van der Waals surface area contributed by atoms with Crippen molar-refractivity contribution in [3.05, 3.63) is 102 Å². The van der Waals surface area contributed by atoms with Crippen molar-refractivity contribution in [1.29, 1.82) is 0 Å². The smallest absolute Gasteiger partial charge is 0.305 e. The molecule has 3 fully saturated rings. The summed E-state index contributed by atoms with van der Waals surface area (Å²) in [7, 11) is 0. The zero-order chi connectivity index (χ0) is 30.6. The van der Waals surface area contributed by atoms with Gasteiger partial charge in [0.15, 0.2) is 17.1 Å². The fraction of sp³-hybridized carbons (Fsp3) is 0.394. The number of carbonyl (C=O) groups is 2. The number of rotatable bonds is 9. The van der Waals surface area contributed by atoms with Gasteiger partial charge in [0.25, 0.3) is 5.91 Å². The minimum absolute atomic E-state index is 0.0122. The summed E-state index contributed by atoms with van der Waals surface area (Å²) in [6, 6.07) is 23.4. The molecule has 0 aromatic heterocycles. The zero-order valence-corrected chi connectivity index (χ0v) is 23.9. The third kappa shape index (κ3) is 4.08. The molecule has 0 spiro atoms. The number of carbonyl (C=O) groups excluding carboxylic acids is 1. The van der Waals surface area contributed by atoms with E-state index in [0.717, 1.165) is 0 Å². The maximum Gasteiger partial charge on any atom is 0.305 e. The number of benzene rings is 3. The average Bonchev–Trinajstić information content (AvgIpc) is 3.67. The summed E-state index contributed by atoms with van der Waals surface area (Å²) in [6.07, 6.45) is -1.94. The highest BCUT2D eigenvalue weighted by Gasteiger charge is 2.99. The molecular weight excluding hydrogens is 555 g/mol. The monoisotopic (exact) mass is 590 g/mol. The number of epoxide rings is 1. The van der Waals surface area contributed by atoms with Gasteiger partial charge in [0.05, 0.1) is 18.6 Å². The van der Waals surface area contributed by atoms with Crippen LogP contribution in [0.1, 0.15) is 44.2 Å². The van der Waals surface area contributed by atoms with E-state index in [2.05, 4.69) is 5.32 Å². The minimum atomic E-state index is -2.00. The van der Waals surface area contributed by atoms with E-state index in [0.29, 0.717) is 23.2 Å². The fourth-order valence-electron chi connectivity index (χ4n) is 7.42. The lowest BCUT2D eigenvalue weighted by Gasteiger charge is -2.55. The van der Waals surface area contributed by atoms with Crippen LogP contribution in [0.3, 0.4) is 0 Å².